The van der Waals surface area contributed by atoms with Gasteiger partial charge in [0.1, 0.15) is 0 Å². The van der Waals surface area contributed by atoms with Gasteiger partial charge in [-0.1, -0.05) is 51.1 Å². The fourth-order valence-corrected chi connectivity index (χ4v) is 4.53. The van der Waals surface area contributed by atoms with Crippen molar-refractivity contribution < 1.29 is 0 Å². The average molecular weight is 272 g/mol. The number of benzene rings is 1. The number of hydrogen-bond donors (Lipinski definition) is 0. The molecule has 2 heteroatoms. The van der Waals surface area contributed by atoms with Gasteiger partial charge in [0.25, 0.3) is 0 Å². The van der Waals surface area contributed by atoms with Gasteiger partial charge in [0.05, 0.1) is 0 Å². The molecule has 2 heterocycles. The van der Waals surface area contributed by atoms with Crippen LogP contribution in [0.3, 0.4) is 0 Å². The van der Waals surface area contributed by atoms with Crippen LogP contribution in [0.5, 0.6) is 0 Å². The first-order valence-electron chi connectivity index (χ1n) is 7.91. The molecular formula is C18H28N2. The molecule has 2 aliphatic rings. The van der Waals surface area contributed by atoms with Gasteiger partial charge < -0.3 is 4.90 Å². The van der Waals surface area contributed by atoms with E-state index in [4.69, 9.17) is 0 Å². The van der Waals surface area contributed by atoms with Crippen molar-refractivity contribution in [3.8, 4) is 0 Å². The molecule has 2 fully saturated rings. The highest BCUT2D eigenvalue weighted by atomic mass is 15.3. The first-order chi connectivity index (χ1) is 9.45. The second kappa shape index (κ2) is 5.16. The van der Waals surface area contributed by atoms with E-state index in [-0.39, 0.29) is 0 Å². The molecule has 0 spiro atoms. The van der Waals surface area contributed by atoms with Gasteiger partial charge in [-0.2, -0.15) is 0 Å². The Morgan fingerprint density at radius 2 is 1.75 bits per heavy atom. The Kier molecular flexibility index (Phi) is 3.64. The molecule has 0 amide bonds. The Hall–Kier alpha value is -0.860. The smallest absolute Gasteiger partial charge is 0.0237 e. The first kappa shape index (κ1) is 14.1. The van der Waals surface area contributed by atoms with E-state index in [2.05, 4.69) is 68.0 Å². The fraction of sp³-hybridized carbons (Fsp3) is 0.667. The lowest BCUT2D eigenvalue weighted by molar-refractivity contribution is 0.0981. The Morgan fingerprint density at radius 1 is 1.05 bits per heavy atom. The predicted octanol–water partition coefficient (Wildman–Crippen LogP) is 3.09. The molecule has 2 nitrogen and oxygen atoms in total. The zero-order valence-corrected chi connectivity index (χ0v) is 13.3. The molecule has 110 valence electrons. The normalized spacial score (nSPS) is 31.7. The summed E-state index contributed by atoms with van der Waals surface area (Å²) in [6, 6.07) is 11.7. The van der Waals surface area contributed by atoms with Crippen molar-refractivity contribution >= 4 is 0 Å². The average Bonchev–Trinajstić information content (AvgIpc) is 2.84. The number of rotatable bonds is 2. The van der Waals surface area contributed by atoms with E-state index in [1.165, 1.54) is 25.2 Å². The SMILES string of the molecule is CN1C[C@@H]2CN(Cc3ccccc3)[C@@H](C(C)(C)C)[C@@H]2C1. The van der Waals surface area contributed by atoms with Crippen molar-refractivity contribution in [1.82, 2.24) is 9.80 Å². The molecule has 2 saturated heterocycles. The van der Waals surface area contributed by atoms with Crippen LogP contribution in [0, 0.1) is 17.3 Å². The lowest BCUT2D eigenvalue weighted by Crippen LogP contribution is -2.44. The van der Waals surface area contributed by atoms with Gasteiger partial charge in [-0.3, -0.25) is 4.90 Å². The summed E-state index contributed by atoms with van der Waals surface area (Å²) in [6.07, 6.45) is 0. The summed E-state index contributed by atoms with van der Waals surface area (Å²) >= 11 is 0. The Morgan fingerprint density at radius 3 is 2.40 bits per heavy atom. The quantitative estimate of drug-likeness (QED) is 0.816. The molecule has 0 radical (unpaired) electrons. The maximum Gasteiger partial charge on any atom is 0.0237 e. The molecule has 0 aliphatic carbocycles. The fourth-order valence-electron chi connectivity index (χ4n) is 4.53. The van der Waals surface area contributed by atoms with Crippen molar-refractivity contribution in [2.75, 3.05) is 26.7 Å². The van der Waals surface area contributed by atoms with Gasteiger partial charge in [0.2, 0.25) is 0 Å². The maximum atomic E-state index is 2.75. The van der Waals surface area contributed by atoms with Crippen LogP contribution in [0.2, 0.25) is 0 Å². The molecule has 1 aromatic carbocycles. The molecule has 1 aromatic rings. The van der Waals surface area contributed by atoms with Crippen LogP contribution in [0.4, 0.5) is 0 Å². The van der Waals surface area contributed by atoms with Crippen molar-refractivity contribution in [3.63, 3.8) is 0 Å². The van der Waals surface area contributed by atoms with Crippen molar-refractivity contribution in [3.05, 3.63) is 35.9 Å². The molecule has 3 rings (SSSR count). The van der Waals surface area contributed by atoms with E-state index < -0.39 is 0 Å². The monoisotopic (exact) mass is 272 g/mol. The van der Waals surface area contributed by atoms with Crippen molar-refractivity contribution in [2.45, 2.75) is 33.4 Å². The highest BCUT2D eigenvalue weighted by Gasteiger charge is 2.49. The lowest BCUT2D eigenvalue weighted by atomic mass is 9.77. The first-order valence-corrected chi connectivity index (χ1v) is 7.91. The third-order valence-corrected chi connectivity index (χ3v) is 5.06. The largest absolute Gasteiger partial charge is 0.306 e. The van der Waals surface area contributed by atoms with Gasteiger partial charge in [-0.05, 0) is 29.9 Å². The summed E-state index contributed by atoms with van der Waals surface area (Å²) in [5.74, 6) is 1.72. The summed E-state index contributed by atoms with van der Waals surface area (Å²) in [4.78, 5) is 5.27. The minimum atomic E-state index is 0.360. The molecule has 0 aromatic heterocycles. The standard InChI is InChI=1S/C18H28N2/c1-18(2,3)17-16-13-19(4)11-15(16)12-20(17)10-14-8-6-5-7-9-14/h5-9,15-17H,10-13H2,1-4H3/t15-,16-,17-/m1/s1. The van der Waals surface area contributed by atoms with Crippen LogP contribution in [-0.2, 0) is 6.54 Å². The van der Waals surface area contributed by atoms with E-state index in [9.17, 15) is 0 Å². The van der Waals surface area contributed by atoms with E-state index in [0.717, 1.165) is 18.4 Å². The molecule has 0 unspecified atom stereocenters. The number of fused-ring (bicyclic) bond motifs is 1. The van der Waals surface area contributed by atoms with Gasteiger partial charge in [-0.15, -0.1) is 0 Å². The number of likely N-dealkylation sites (tertiary alicyclic amines) is 2. The molecule has 0 N–H and O–H groups in total. The van der Waals surface area contributed by atoms with E-state index in [0.29, 0.717) is 11.5 Å². The maximum absolute atomic E-state index is 2.75. The van der Waals surface area contributed by atoms with Gasteiger partial charge in [0, 0.05) is 32.2 Å². The Labute approximate surface area is 123 Å². The lowest BCUT2D eigenvalue weighted by Gasteiger charge is -2.38. The van der Waals surface area contributed by atoms with Gasteiger partial charge in [0.15, 0.2) is 0 Å². The summed E-state index contributed by atoms with van der Waals surface area (Å²) in [5.41, 5.74) is 1.81. The molecule has 0 bridgehead atoms. The van der Waals surface area contributed by atoms with Gasteiger partial charge >= 0.3 is 0 Å². The topological polar surface area (TPSA) is 6.48 Å². The Balaban J connectivity index is 1.80. The zero-order valence-electron chi connectivity index (χ0n) is 13.3. The minimum Gasteiger partial charge on any atom is -0.306 e. The minimum absolute atomic E-state index is 0.360. The van der Waals surface area contributed by atoms with Crippen LogP contribution < -0.4 is 0 Å². The third kappa shape index (κ3) is 2.64. The second-order valence-electron chi connectivity index (χ2n) is 7.87. The third-order valence-electron chi connectivity index (χ3n) is 5.06. The van der Waals surface area contributed by atoms with Crippen LogP contribution in [0.1, 0.15) is 26.3 Å². The summed E-state index contributed by atoms with van der Waals surface area (Å²) in [5, 5.41) is 0. The molecule has 3 atom stereocenters. The van der Waals surface area contributed by atoms with Crippen LogP contribution >= 0.6 is 0 Å². The highest BCUT2D eigenvalue weighted by Crippen LogP contribution is 2.43. The second-order valence-corrected chi connectivity index (χ2v) is 7.87. The van der Waals surface area contributed by atoms with Crippen LogP contribution in [-0.4, -0.2) is 42.5 Å². The van der Waals surface area contributed by atoms with Crippen LogP contribution in [0.15, 0.2) is 30.3 Å². The molecule has 0 saturated carbocycles. The van der Waals surface area contributed by atoms with Gasteiger partial charge in [-0.25, -0.2) is 0 Å². The summed E-state index contributed by atoms with van der Waals surface area (Å²) < 4.78 is 0. The molecular weight excluding hydrogens is 244 g/mol. The highest BCUT2D eigenvalue weighted by molar-refractivity contribution is 5.16. The zero-order chi connectivity index (χ0) is 14.3. The molecule has 20 heavy (non-hydrogen) atoms. The predicted molar refractivity (Wildman–Crippen MR) is 84.6 cm³/mol. The van der Waals surface area contributed by atoms with E-state index >= 15 is 0 Å². The number of nitrogens with zero attached hydrogens (tertiary/aromatic N) is 2. The number of hydrogen-bond acceptors (Lipinski definition) is 2. The van der Waals surface area contributed by atoms with Crippen LogP contribution in [0.25, 0.3) is 0 Å². The summed E-state index contributed by atoms with van der Waals surface area (Å²) in [7, 11) is 2.28. The van der Waals surface area contributed by atoms with Crippen molar-refractivity contribution in [2.24, 2.45) is 17.3 Å². The van der Waals surface area contributed by atoms with E-state index in [1.807, 2.05) is 0 Å². The molecule has 2 aliphatic heterocycles. The Bertz CT molecular complexity index is 448. The summed E-state index contributed by atoms with van der Waals surface area (Å²) in [6.45, 7) is 12.2. The van der Waals surface area contributed by atoms with Crippen molar-refractivity contribution in [1.29, 1.82) is 0 Å². The van der Waals surface area contributed by atoms with E-state index in [1.54, 1.807) is 0 Å².